The van der Waals surface area contributed by atoms with Gasteiger partial charge in [0.15, 0.2) is 5.84 Å². The van der Waals surface area contributed by atoms with Crippen molar-refractivity contribution in [2.24, 2.45) is 9.98 Å². The number of fused-ring (bicyclic) bond motifs is 7. The summed E-state index contributed by atoms with van der Waals surface area (Å²) in [7, 11) is 0. The van der Waals surface area contributed by atoms with Gasteiger partial charge in [0, 0.05) is 28.3 Å². The van der Waals surface area contributed by atoms with Gasteiger partial charge in [-0.2, -0.15) is 0 Å². The number of hydrogen-bond donors (Lipinski definition) is 1. The van der Waals surface area contributed by atoms with Crippen LogP contribution in [0.4, 0.5) is 0 Å². The zero-order chi connectivity index (χ0) is 32.3. The number of rotatable bonds is 4. The van der Waals surface area contributed by atoms with Crippen LogP contribution in [0.3, 0.4) is 0 Å². The van der Waals surface area contributed by atoms with Gasteiger partial charge in [-0.1, -0.05) is 133 Å². The van der Waals surface area contributed by atoms with Crippen molar-refractivity contribution in [2.45, 2.75) is 6.17 Å². The van der Waals surface area contributed by atoms with E-state index in [9.17, 15) is 0 Å². The highest BCUT2D eigenvalue weighted by Crippen LogP contribution is 2.34. The Labute approximate surface area is 281 Å². The second-order valence-electron chi connectivity index (χ2n) is 12.4. The van der Waals surface area contributed by atoms with E-state index in [1.807, 2.05) is 30.3 Å². The summed E-state index contributed by atoms with van der Waals surface area (Å²) in [6.07, 6.45) is 1.71. The van der Waals surface area contributed by atoms with Crippen LogP contribution >= 0.6 is 0 Å². The molecule has 3 aromatic heterocycles. The van der Waals surface area contributed by atoms with E-state index in [1.54, 1.807) is 0 Å². The Hall–Kier alpha value is -6.66. The molecule has 10 rings (SSSR count). The van der Waals surface area contributed by atoms with Gasteiger partial charge in [0.25, 0.3) is 0 Å². The predicted octanol–water partition coefficient (Wildman–Crippen LogP) is 9.50. The summed E-state index contributed by atoms with van der Waals surface area (Å²) in [5.74, 6) is 1.50. The Morgan fingerprint density at radius 3 is 2.00 bits per heavy atom. The van der Waals surface area contributed by atoms with Crippen LogP contribution in [0.1, 0.15) is 22.9 Å². The van der Waals surface area contributed by atoms with E-state index in [2.05, 4.69) is 137 Å². The number of nitrogens with one attached hydrogen (secondary N) is 1. The fourth-order valence-electron chi connectivity index (χ4n) is 7.11. The standard InChI is InChI=1S/C43H28N6/c1-3-15-31-27(11-1)13-9-18-33(31)42-46-41(47-43(48-42)34-19-10-14-28-12-2-4-16-32(28)34)30-24-22-29(23-25-30)38-40-39(35-17-5-6-20-36(35)44-38)45-37-21-7-8-26-49(37)40/h1-26,41H,(H,46,47,48). The number of amidine groups is 2. The highest BCUT2D eigenvalue weighted by Gasteiger charge is 2.24. The first-order valence-electron chi connectivity index (χ1n) is 16.4. The minimum Gasteiger partial charge on any atom is -0.344 e. The first-order chi connectivity index (χ1) is 24.3. The molecule has 0 spiro atoms. The third-order valence-electron chi connectivity index (χ3n) is 9.46. The summed E-state index contributed by atoms with van der Waals surface area (Å²) in [4.78, 5) is 20.6. The molecule has 0 aliphatic carbocycles. The minimum atomic E-state index is -0.352. The Kier molecular flexibility index (Phi) is 6.14. The fraction of sp³-hybridized carbons (Fsp3) is 0.0233. The summed E-state index contributed by atoms with van der Waals surface area (Å²) >= 11 is 0. The number of hydrogen-bond acceptors (Lipinski definition) is 5. The van der Waals surface area contributed by atoms with Crippen LogP contribution in [-0.4, -0.2) is 26.0 Å². The predicted molar refractivity (Wildman–Crippen MR) is 200 cm³/mol. The molecule has 6 heteroatoms. The van der Waals surface area contributed by atoms with Gasteiger partial charge in [-0.15, -0.1) is 0 Å². The van der Waals surface area contributed by atoms with E-state index in [-0.39, 0.29) is 6.17 Å². The second kappa shape index (κ2) is 11.0. The van der Waals surface area contributed by atoms with Crippen molar-refractivity contribution in [3.63, 3.8) is 0 Å². The van der Waals surface area contributed by atoms with Crippen molar-refractivity contribution in [3.05, 3.63) is 175 Å². The van der Waals surface area contributed by atoms with Crippen molar-refractivity contribution in [1.29, 1.82) is 0 Å². The van der Waals surface area contributed by atoms with Crippen LogP contribution < -0.4 is 5.32 Å². The van der Waals surface area contributed by atoms with Gasteiger partial charge in [0.05, 0.1) is 16.7 Å². The van der Waals surface area contributed by atoms with Crippen molar-refractivity contribution in [2.75, 3.05) is 0 Å². The first-order valence-corrected chi connectivity index (χ1v) is 16.4. The molecule has 0 bridgehead atoms. The Morgan fingerprint density at radius 2 is 1.20 bits per heavy atom. The lowest BCUT2D eigenvalue weighted by molar-refractivity contribution is 0.675. The van der Waals surface area contributed by atoms with Crippen LogP contribution in [0.2, 0.25) is 0 Å². The number of aliphatic imine (C=N–C) groups is 2. The second-order valence-corrected chi connectivity index (χ2v) is 12.4. The fourth-order valence-corrected chi connectivity index (χ4v) is 7.11. The van der Waals surface area contributed by atoms with Gasteiger partial charge < -0.3 is 5.32 Å². The third-order valence-corrected chi connectivity index (χ3v) is 9.46. The zero-order valence-corrected chi connectivity index (χ0v) is 26.3. The maximum Gasteiger partial charge on any atom is 0.160 e. The molecule has 0 radical (unpaired) electrons. The number of para-hydroxylation sites is 1. The van der Waals surface area contributed by atoms with Crippen LogP contribution in [0, 0.1) is 0 Å². The molecular formula is C43H28N6. The summed E-state index contributed by atoms with van der Waals surface area (Å²) in [5.41, 5.74) is 8.77. The van der Waals surface area contributed by atoms with Gasteiger partial charge in [-0.25, -0.2) is 20.0 Å². The Balaban J connectivity index is 1.12. The van der Waals surface area contributed by atoms with Gasteiger partial charge in [0.2, 0.25) is 0 Å². The number of nitrogens with zero attached hydrogens (tertiary/aromatic N) is 5. The lowest BCUT2D eigenvalue weighted by Gasteiger charge is -2.25. The molecule has 6 nitrogen and oxygen atoms in total. The van der Waals surface area contributed by atoms with Crippen LogP contribution in [0.5, 0.6) is 0 Å². The maximum atomic E-state index is 5.24. The van der Waals surface area contributed by atoms with Gasteiger partial charge in [-0.05, 0) is 45.3 Å². The molecule has 1 N–H and O–H groups in total. The monoisotopic (exact) mass is 628 g/mol. The lowest BCUT2D eigenvalue weighted by atomic mass is 10.0. The summed E-state index contributed by atoms with van der Waals surface area (Å²) in [6.45, 7) is 0. The molecule has 9 aromatic rings. The van der Waals surface area contributed by atoms with Crippen molar-refractivity contribution in [3.8, 4) is 11.3 Å². The Bertz CT molecular complexity index is 2800. The van der Waals surface area contributed by atoms with E-state index >= 15 is 0 Å². The quantitative estimate of drug-likeness (QED) is 0.211. The number of imidazole rings is 1. The Morgan fingerprint density at radius 1 is 0.551 bits per heavy atom. The minimum absolute atomic E-state index is 0.352. The molecule has 1 atom stereocenters. The molecule has 230 valence electrons. The largest absolute Gasteiger partial charge is 0.344 e. The van der Waals surface area contributed by atoms with E-state index in [0.717, 1.165) is 77.5 Å². The molecule has 0 saturated heterocycles. The number of benzene rings is 6. The lowest BCUT2D eigenvalue weighted by Crippen LogP contribution is -2.33. The molecule has 1 unspecified atom stereocenters. The SMILES string of the molecule is c1ccc2c(C3=NC(c4ccc(-c5nc6ccccc6c6nc7ccccn7c56)cc4)NC(c4cccc5ccccc45)=N3)cccc2c1. The highest BCUT2D eigenvalue weighted by molar-refractivity contribution is 6.20. The van der Waals surface area contributed by atoms with E-state index in [4.69, 9.17) is 20.0 Å². The van der Waals surface area contributed by atoms with Gasteiger partial charge in [0.1, 0.15) is 23.2 Å². The average Bonchev–Trinajstić information content (AvgIpc) is 3.57. The van der Waals surface area contributed by atoms with Crippen molar-refractivity contribution in [1.82, 2.24) is 19.7 Å². The molecule has 4 heterocycles. The van der Waals surface area contributed by atoms with E-state index < -0.39 is 0 Å². The van der Waals surface area contributed by atoms with Gasteiger partial charge >= 0.3 is 0 Å². The van der Waals surface area contributed by atoms with Crippen molar-refractivity contribution < 1.29 is 0 Å². The van der Waals surface area contributed by atoms with E-state index in [1.165, 1.54) is 5.39 Å². The molecule has 0 saturated carbocycles. The molecular weight excluding hydrogens is 601 g/mol. The van der Waals surface area contributed by atoms with Gasteiger partial charge in [-0.3, -0.25) is 4.40 Å². The molecule has 0 fully saturated rings. The topological polar surface area (TPSA) is 66.9 Å². The summed E-state index contributed by atoms with van der Waals surface area (Å²) < 4.78 is 2.13. The smallest absolute Gasteiger partial charge is 0.160 e. The van der Waals surface area contributed by atoms with E-state index in [0.29, 0.717) is 5.84 Å². The van der Waals surface area contributed by atoms with Crippen molar-refractivity contribution >= 4 is 60.8 Å². The number of pyridine rings is 2. The summed E-state index contributed by atoms with van der Waals surface area (Å²) in [6, 6.07) is 52.4. The number of aromatic nitrogens is 3. The highest BCUT2D eigenvalue weighted by atomic mass is 15.2. The molecule has 0 amide bonds. The molecule has 6 aromatic carbocycles. The average molecular weight is 629 g/mol. The summed E-state index contributed by atoms with van der Waals surface area (Å²) in [5, 5.41) is 9.33. The molecule has 1 aliphatic heterocycles. The normalized spacial score (nSPS) is 14.7. The first kappa shape index (κ1) is 27.5. The zero-order valence-electron chi connectivity index (χ0n) is 26.3. The molecule has 49 heavy (non-hydrogen) atoms. The van der Waals surface area contributed by atoms with Crippen LogP contribution in [0.15, 0.2) is 168 Å². The third kappa shape index (κ3) is 4.49. The maximum absolute atomic E-state index is 5.24. The van der Waals surface area contributed by atoms with Crippen LogP contribution in [-0.2, 0) is 0 Å². The van der Waals surface area contributed by atoms with Crippen LogP contribution in [0.25, 0.3) is 60.4 Å². The molecule has 1 aliphatic rings.